The molecule has 0 aromatic heterocycles. The summed E-state index contributed by atoms with van der Waals surface area (Å²) < 4.78 is 5.23. The highest BCUT2D eigenvalue weighted by Gasteiger charge is 2.37. The van der Waals surface area contributed by atoms with Gasteiger partial charge in [-0.3, -0.25) is 4.79 Å². The number of nitrogens with zero attached hydrogens (tertiary/aromatic N) is 1. The lowest BCUT2D eigenvalue weighted by atomic mass is 10.1. The molecule has 0 aliphatic carbocycles. The molecule has 1 aliphatic rings. The predicted octanol–water partition coefficient (Wildman–Crippen LogP) is 2.71. The van der Waals surface area contributed by atoms with Gasteiger partial charge in [0, 0.05) is 12.5 Å². The molecule has 0 bridgehead atoms. The van der Waals surface area contributed by atoms with Gasteiger partial charge in [-0.15, -0.1) is 0 Å². The van der Waals surface area contributed by atoms with E-state index in [4.69, 9.17) is 4.74 Å². The third kappa shape index (κ3) is 3.22. The van der Waals surface area contributed by atoms with Crippen molar-refractivity contribution in [3.63, 3.8) is 0 Å². The summed E-state index contributed by atoms with van der Waals surface area (Å²) in [6.07, 6.45) is 2.58. The summed E-state index contributed by atoms with van der Waals surface area (Å²) in [6, 6.07) is 0.0346. The van der Waals surface area contributed by atoms with Crippen LogP contribution in [0.3, 0.4) is 0 Å². The number of carbonyl (C=O) groups excluding carboxylic acids is 2. The van der Waals surface area contributed by atoms with Gasteiger partial charge in [0.1, 0.15) is 5.60 Å². The van der Waals surface area contributed by atoms with Gasteiger partial charge in [0.05, 0.1) is 0 Å². The van der Waals surface area contributed by atoms with E-state index < -0.39 is 11.7 Å². The molecule has 1 rings (SSSR count). The minimum Gasteiger partial charge on any atom is -0.443 e. The molecular formula is C12H21NO3. The fourth-order valence-electron chi connectivity index (χ4n) is 1.91. The van der Waals surface area contributed by atoms with E-state index in [1.54, 1.807) is 20.8 Å². The first kappa shape index (κ1) is 13.0. The minimum absolute atomic E-state index is 0.0346. The third-order valence-corrected chi connectivity index (χ3v) is 2.54. The summed E-state index contributed by atoms with van der Waals surface area (Å²) in [5, 5.41) is 0. The van der Waals surface area contributed by atoms with Gasteiger partial charge in [-0.05, 0) is 33.6 Å². The van der Waals surface area contributed by atoms with Crippen molar-refractivity contribution in [3.8, 4) is 0 Å². The fourth-order valence-corrected chi connectivity index (χ4v) is 1.91. The second kappa shape index (κ2) is 4.85. The van der Waals surface area contributed by atoms with Crippen molar-refractivity contribution in [1.82, 2.24) is 4.90 Å². The highest BCUT2D eigenvalue weighted by atomic mass is 16.6. The van der Waals surface area contributed by atoms with Crippen LogP contribution in [0.1, 0.15) is 53.4 Å². The summed E-state index contributed by atoms with van der Waals surface area (Å²) in [4.78, 5) is 24.8. The number of hydrogen-bond donors (Lipinski definition) is 0. The van der Waals surface area contributed by atoms with Gasteiger partial charge in [-0.2, -0.15) is 0 Å². The average Bonchev–Trinajstić information content (AvgIpc) is 2.44. The Balaban J connectivity index is 2.68. The number of imide groups is 1. The maximum atomic E-state index is 11.8. The Morgan fingerprint density at radius 1 is 1.50 bits per heavy atom. The van der Waals surface area contributed by atoms with Gasteiger partial charge in [-0.1, -0.05) is 13.3 Å². The Hall–Kier alpha value is -1.06. The number of ether oxygens (including phenoxy) is 1. The van der Waals surface area contributed by atoms with Crippen LogP contribution in [-0.4, -0.2) is 28.5 Å². The van der Waals surface area contributed by atoms with Crippen molar-refractivity contribution in [3.05, 3.63) is 0 Å². The van der Waals surface area contributed by atoms with Crippen LogP contribution in [0.2, 0.25) is 0 Å². The molecule has 0 saturated carbocycles. The van der Waals surface area contributed by atoms with E-state index in [1.165, 1.54) is 4.90 Å². The molecule has 1 atom stereocenters. The summed E-state index contributed by atoms with van der Waals surface area (Å²) in [6.45, 7) is 7.47. The van der Waals surface area contributed by atoms with Crippen LogP contribution in [0.5, 0.6) is 0 Å². The molecule has 16 heavy (non-hydrogen) atoms. The number of carbonyl (C=O) groups is 2. The van der Waals surface area contributed by atoms with Crippen molar-refractivity contribution in [2.75, 3.05) is 0 Å². The van der Waals surface area contributed by atoms with Crippen LogP contribution in [-0.2, 0) is 9.53 Å². The standard InChI is InChI=1S/C12H21NO3/c1-5-6-9-7-8-10(14)13(9)11(15)16-12(2,3)4/h9H,5-8H2,1-4H3/t9-/m1/s1. The molecule has 0 spiro atoms. The molecule has 92 valence electrons. The molecule has 1 heterocycles. The topological polar surface area (TPSA) is 46.6 Å². The largest absolute Gasteiger partial charge is 0.443 e. The van der Waals surface area contributed by atoms with E-state index in [9.17, 15) is 9.59 Å². The Morgan fingerprint density at radius 3 is 2.62 bits per heavy atom. The number of rotatable bonds is 2. The maximum Gasteiger partial charge on any atom is 0.417 e. The number of amides is 2. The average molecular weight is 227 g/mol. The van der Waals surface area contributed by atoms with E-state index in [0.29, 0.717) is 6.42 Å². The summed E-state index contributed by atoms with van der Waals surface area (Å²) in [7, 11) is 0. The first-order valence-electron chi connectivity index (χ1n) is 5.90. The Labute approximate surface area is 96.9 Å². The molecule has 0 aromatic rings. The highest BCUT2D eigenvalue weighted by molar-refractivity contribution is 5.94. The molecule has 0 aromatic carbocycles. The van der Waals surface area contributed by atoms with Gasteiger partial charge in [-0.25, -0.2) is 9.69 Å². The molecule has 1 fully saturated rings. The van der Waals surface area contributed by atoms with Crippen molar-refractivity contribution in [2.45, 2.75) is 65.0 Å². The SMILES string of the molecule is CCC[C@@H]1CCC(=O)N1C(=O)OC(C)(C)C. The third-order valence-electron chi connectivity index (χ3n) is 2.54. The van der Waals surface area contributed by atoms with Gasteiger partial charge >= 0.3 is 6.09 Å². The zero-order chi connectivity index (χ0) is 12.3. The maximum absolute atomic E-state index is 11.8. The first-order valence-corrected chi connectivity index (χ1v) is 5.90. The number of hydrogen-bond acceptors (Lipinski definition) is 3. The van der Waals surface area contributed by atoms with Crippen molar-refractivity contribution < 1.29 is 14.3 Å². The van der Waals surface area contributed by atoms with Crippen LogP contribution < -0.4 is 0 Å². The molecule has 0 unspecified atom stereocenters. The zero-order valence-corrected chi connectivity index (χ0v) is 10.6. The smallest absolute Gasteiger partial charge is 0.417 e. The normalized spacial score (nSPS) is 21.4. The summed E-state index contributed by atoms with van der Waals surface area (Å²) in [5.74, 6) is -0.104. The predicted molar refractivity (Wildman–Crippen MR) is 61.0 cm³/mol. The molecule has 4 nitrogen and oxygen atoms in total. The van der Waals surface area contributed by atoms with Crippen molar-refractivity contribution in [2.24, 2.45) is 0 Å². The Kier molecular flexibility index (Phi) is 3.94. The van der Waals surface area contributed by atoms with Crippen LogP contribution in [0.25, 0.3) is 0 Å². The summed E-state index contributed by atoms with van der Waals surface area (Å²) >= 11 is 0. The number of likely N-dealkylation sites (tertiary alicyclic amines) is 1. The lowest BCUT2D eigenvalue weighted by molar-refractivity contribution is -0.128. The van der Waals surface area contributed by atoms with Crippen LogP contribution in [0.4, 0.5) is 4.79 Å². The second-order valence-electron chi connectivity index (χ2n) is 5.23. The molecule has 4 heteroatoms. The van der Waals surface area contributed by atoms with Crippen LogP contribution in [0, 0.1) is 0 Å². The van der Waals surface area contributed by atoms with Gasteiger partial charge in [0.25, 0.3) is 0 Å². The van der Waals surface area contributed by atoms with Crippen molar-refractivity contribution in [1.29, 1.82) is 0 Å². The van der Waals surface area contributed by atoms with E-state index >= 15 is 0 Å². The first-order chi connectivity index (χ1) is 7.35. The molecule has 2 amide bonds. The van der Waals surface area contributed by atoms with Crippen LogP contribution in [0.15, 0.2) is 0 Å². The van der Waals surface area contributed by atoms with Crippen LogP contribution >= 0.6 is 0 Å². The molecule has 0 N–H and O–H groups in total. The minimum atomic E-state index is -0.545. The Morgan fingerprint density at radius 2 is 2.12 bits per heavy atom. The lowest BCUT2D eigenvalue weighted by Gasteiger charge is -2.27. The van der Waals surface area contributed by atoms with E-state index in [2.05, 4.69) is 6.92 Å². The fraction of sp³-hybridized carbons (Fsp3) is 0.833. The van der Waals surface area contributed by atoms with Crippen molar-refractivity contribution >= 4 is 12.0 Å². The lowest BCUT2D eigenvalue weighted by Crippen LogP contribution is -2.42. The molecule has 1 saturated heterocycles. The molecular weight excluding hydrogens is 206 g/mol. The monoisotopic (exact) mass is 227 g/mol. The zero-order valence-electron chi connectivity index (χ0n) is 10.6. The van der Waals surface area contributed by atoms with E-state index in [1.807, 2.05) is 0 Å². The van der Waals surface area contributed by atoms with E-state index in [-0.39, 0.29) is 11.9 Å². The second-order valence-corrected chi connectivity index (χ2v) is 5.23. The van der Waals surface area contributed by atoms with Gasteiger partial charge in [0.15, 0.2) is 0 Å². The highest BCUT2D eigenvalue weighted by Crippen LogP contribution is 2.24. The quantitative estimate of drug-likeness (QED) is 0.728. The van der Waals surface area contributed by atoms with Gasteiger partial charge in [0.2, 0.25) is 5.91 Å². The van der Waals surface area contributed by atoms with Gasteiger partial charge < -0.3 is 4.74 Å². The summed E-state index contributed by atoms with van der Waals surface area (Å²) in [5.41, 5.74) is -0.545. The Bertz CT molecular complexity index is 280. The molecule has 0 radical (unpaired) electrons. The van der Waals surface area contributed by atoms with E-state index in [0.717, 1.165) is 19.3 Å². The molecule has 1 aliphatic heterocycles.